The van der Waals surface area contributed by atoms with E-state index in [9.17, 15) is 0 Å². The highest BCUT2D eigenvalue weighted by molar-refractivity contribution is 4.89. The molecule has 2 aliphatic rings. The van der Waals surface area contributed by atoms with Gasteiger partial charge in [-0.1, -0.05) is 6.42 Å². The monoisotopic (exact) mass is 240 g/mol. The van der Waals surface area contributed by atoms with E-state index in [2.05, 4.69) is 24.2 Å². The molecular weight excluding hydrogens is 212 g/mol. The van der Waals surface area contributed by atoms with Crippen molar-refractivity contribution >= 4 is 0 Å². The minimum absolute atomic E-state index is 0.556. The molecule has 2 rings (SSSR count). The molecule has 0 aromatic carbocycles. The maximum absolute atomic E-state index is 5.84. The summed E-state index contributed by atoms with van der Waals surface area (Å²) in [5.41, 5.74) is 0. The molecule has 0 aromatic heterocycles. The molecule has 0 spiro atoms. The van der Waals surface area contributed by atoms with Gasteiger partial charge in [0.15, 0.2) is 0 Å². The average molecular weight is 240 g/mol. The van der Waals surface area contributed by atoms with Gasteiger partial charge in [0.2, 0.25) is 0 Å². The van der Waals surface area contributed by atoms with Crippen LogP contribution in [-0.4, -0.2) is 49.8 Å². The fourth-order valence-electron chi connectivity index (χ4n) is 3.19. The van der Waals surface area contributed by atoms with E-state index in [0.717, 1.165) is 19.2 Å². The van der Waals surface area contributed by atoms with Crippen molar-refractivity contribution in [2.75, 3.05) is 26.7 Å². The molecule has 1 heterocycles. The summed E-state index contributed by atoms with van der Waals surface area (Å²) >= 11 is 0. The van der Waals surface area contributed by atoms with Crippen LogP contribution in [0.25, 0.3) is 0 Å². The van der Waals surface area contributed by atoms with Crippen LogP contribution in [0, 0.1) is 0 Å². The molecule has 1 aliphatic carbocycles. The molecule has 1 saturated heterocycles. The first-order valence-electron chi connectivity index (χ1n) is 7.34. The Morgan fingerprint density at radius 1 is 1.35 bits per heavy atom. The van der Waals surface area contributed by atoms with Crippen LogP contribution in [0.2, 0.25) is 0 Å². The molecule has 3 nitrogen and oxygen atoms in total. The molecule has 3 unspecified atom stereocenters. The largest absolute Gasteiger partial charge is 0.375 e. The Bertz CT molecular complexity index is 222. The third-order valence-corrected chi connectivity index (χ3v) is 4.42. The van der Waals surface area contributed by atoms with Gasteiger partial charge < -0.3 is 10.1 Å². The van der Waals surface area contributed by atoms with Crippen molar-refractivity contribution in [2.45, 2.75) is 63.6 Å². The second-order valence-electron chi connectivity index (χ2n) is 5.63. The summed E-state index contributed by atoms with van der Waals surface area (Å²) in [7, 11) is 2.05. The van der Waals surface area contributed by atoms with Crippen LogP contribution < -0.4 is 5.32 Å². The van der Waals surface area contributed by atoms with Gasteiger partial charge in [0.25, 0.3) is 0 Å². The van der Waals surface area contributed by atoms with Gasteiger partial charge in [-0.15, -0.1) is 0 Å². The van der Waals surface area contributed by atoms with Crippen LogP contribution in [0.1, 0.15) is 45.4 Å². The van der Waals surface area contributed by atoms with E-state index in [-0.39, 0.29) is 0 Å². The molecule has 0 bridgehead atoms. The Labute approximate surface area is 106 Å². The van der Waals surface area contributed by atoms with Crippen LogP contribution >= 0.6 is 0 Å². The first-order valence-corrected chi connectivity index (χ1v) is 7.34. The van der Waals surface area contributed by atoms with Crippen molar-refractivity contribution in [3.8, 4) is 0 Å². The summed E-state index contributed by atoms with van der Waals surface area (Å²) < 4.78 is 5.84. The molecule has 2 fully saturated rings. The van der Waals surface area contributed by atoms with Crippen molar-refractivity contribution in [1.82, 2.24) is 10.2 Å². The molecule has 3 atom stereocenters. The number of rotatable bonds is 6. The molecule has 17 heavy (non-hydrogen) atoms. The lowest BCUT2D eigenvalue weighted by molar-refractivity contribution is -0.0558. The number of unbranched alkanes of at least 4 members (excludes halogenated alkanes) is 1. The molecular formula is C14H28N2O. The van der Waals surface area contributed by atoms with E-state index >= 15 is 0 Å². The second kappa shape index (κ2) is 6.72. The zero-order chi connectivity index (χ0) is 12.1. The smallest absolute Gasteiger partial charge is 0.0730 e. The summed E-state index contributed by atoms with van der Waals surface area (Å²) in [6, 6.07) is 1.41. The maximum atomic E-state index is 5.84. The van der Waals surface area contributed by atoms with Gasteiger partial charge in [0.05, 0.1) is 12.7 Å². The average Bonchev–Trinajstić information content (AvgIpc) is 2.83. The van der Waals surface area contributed by atoms with E-state index in [0.29, 0.717) is 12.1 Å². The SMILES string of the molecule is CNC(C)CCCCN1CCOC2CCCC21. The number of hydrogen-bond donors (Lipinski definition) is 1. The van der Waals surface area contributed by atoms with Crippen molar-refractivity contribution in [3.63, 3.8) is 0 Å². The zero-order valence-electron chi connectivity index (χ0n) is 11.5. The van der Waals surface area contributed by atoms with E-state index in [1.807, 2.05) is 0 Å². The van der Waals surface area contributed by atoms with Crippen LogP contribution in [0.4, 0.5) is 0 Å². The highest BCUT2D eigenvalue weighted by atomic mass is 16.5. The van der Waals surface area contributed by atoms with Gasteiger partial charge in [-0.25, -0.2) is 0 Å². The van der Waals surface area contributed by atoms with E-state index < -0.39 is 0 Å². The van der Waals surface area contributed by atoms with Gasteiger partial charge in [-0.05, 0) is 52.6 Å². The van der Waals surface area contributed by atoms with Crippen molar-refractivity contribution < 1.29 is 4.74 Å². The van der Waals surface area contributed by atoms with E-state index in [4.69, 9.17) is 4.74 Å². The minimum Gasteiger partial charge on any atom is -0.375 e. The van der Waals surface area contributed by atoms with Crippen molar-refractivity contribution in [1.29, 1.82) is 0 Å². The fraction of sp³-hybridized carbons (Fsp3) is 1.00. The molecule has 0 amide bonds. The Morgan fingerprint density at radius 2 is 2.24 bits per heavy atom. The highest BCUT2D eigenvalue weighted by Gasteiger charge is 2.35. The first kappa shape index (κ1) is 13.3. The fourth-order valence-corrected chi connectivity index (χ4v) is 3.19. The van der Waals surface area contributed by atoms with E-state index in [1.165, 1.54) is 45.1 Å². The topological polar surface area (TPSA) is 24.5 Å². The Balaban J connectivity index is 1.64. The van der Waals surface area contributed by atoms with Crippen LogP contribution in [0.3, 0.4) is 0 Å². The number of morpholine rings is 1. The zero-order valence-corrected chi connectivity index (χ0v) is 11.5. The Hall–Kier alpha value is -0.120. The number of hydrogen-bond acceptors (Lipinski definition) is 3. The molecule has 1 saturated carbocycles. The minimum atomic E-state index is 0.556. The van der Waals surface area contributed by atoms with Crippen LogP contribution in [0.15, 0.2) is 0 Å². The molecule has 100 valence electrons. The summed E-state index contributed by atoms with van der Waals surface area (Å²) in [6.07, 6.45) is 8.55. The number of fused-ring (bicyclic) bond motifs is 1. The standard InChI is InChI=1S/C14H28N2O/c1-12(15-2)6-3-4-9-16-10-11-17-14-8-5-7-13(14)16/h12-15H,3-11H2,1-2H3. The lowest BCUT2D eigenvalue weighted by Gasteiger charge is -2.37. The molecule has 1 aliphatic heterocycles. The molecule has 0 aromatic rings. The lowest BCUT2D eigenvalue weighted by atomic mass is 10.1. The number of nitrogens with zero attached hydrogens (tertiary/aromatic N) is 1. The van der Waals surface area contributed by atoms with Crippen LogP contribution in [0.5, 0.6) is 0 Å². The molecule has 0 radical (unpaired) electrons. The summed E-state index contributed by atoms with van der Waals surface area (Å²) in [4.78, 5) is 2.69. The predicted octanol–water partition coefficient (Wildman–Crippen LogP) is 2.02. The van der Waals surface area contributed by atoms with Gasteiger partial charge in [-0.3, -0.25) is 4.90 Å². The third-order valence-electron chi connectivity index (χ3n) is 4.42. The second-order valence-corrected chi connectivity index (χ2v) is 5.63. The maximum Gasteiger partial charge on any atom is 0.0730 e. The summed E-state index contributed by atoms with van der Waals surface area (Å²) in [6.45, 7) is 5.65. The third kappa shape index (κ3) is 3.67. The van der Waals surface area contributed by atoms with Crippen molar-refractivity contribution in [3.05, 3.63) is 0 Å². The van der Waals surface area contributed by atoms with Gasteiger partial charge in [-0.2, -0.15) is 0 Å². The van der Waals surface area contributed by atoms with Gasteiger partial charge in [0, 0.05) is 18.6 Å². The number of nitrogens with one attached hydrogen (secondary N) is 1. The van der Waals surface area contributed by atoms with E-state index in [1.54, 1.807) is 0 Å². The normalized spacial score (nSPS) is 31.4. The lowest BCUT2D eigenvalue weighted by Crippen LogP contribution is -2.48. The molecule has 1 N–H and O–H groups in total. The Kier molecular flexibility index (Phi) is 5.26. The first-order chi connectivity index (χ1) is 8.31. The van der Waals surface area contributed by atoms with Gasteiger partial charge >= 0.3 is 0 Å². The highest BCUT2D eigenvalue weighted by Crippen LogP contribution is 2.29. The quantitative estimate of drug-likeness (QED) is 0.719. The van der Waals surface area contributed by atoms with Crippen molar-refractivity contribution in [2.24, 2.45) is 0 Å². The van der Waals surface area contributed by atoms with Crippen LogP contribution in [-0.2, 0) is 4.74 Å². The molecule has 3 heteroatoms. The predicted molar refractivity (Wildman–Crippen MR) is 71.3 cm³/mol. The van der Waals surface area contributed by atoms with Gasteiger partial charge in [0.1, 0.15) is 0 Å². The Morgan fingerprint density at radius 3 is 3.06 bits per heavy atom. The number of ether oxygens (including phenoxy) is 1. The summed E-state index contributed by atoms with van der Waals surface area (Å²) in [5.74, 6) is 0. The summed E-state index contributed by atoms with van der Waals surface area (Å²) in [5, 5.41) is 3.31.